The summed E-state index contributed by atoms with van der Waals surface area (Å²) in [6.45, 7) is 8.87. The molecule has 0 aliphatic carbocycles. The molecule has 0 aliphatic heterocycles. The topological polar surface area (TPSA) is 82.6 Å². The van der Waals surface area contributed by atoms with Crippen molar-refractivity contribution in [3.63, 3.8) is 0 Å². The molecule has 0 saturated carbocycles. The predicted octanol–water partition coefficient (Wildman–Crippen LogP) is 5.08. The number of carbonyl (C=O) groups excluding carboxylic acids is 1. The minimum Gasteiger partial charge on any atom is -0.494 e. The molecule has 160 valence electrons. The van der Waals surface area contributed by atoms with Crippen LogP contribution in [0.15, 0.2) is 36.5 Å². The number of anilines is 2. The third-order valence-electron chi connectivity index (χ3n) is 4.23. The highest BCUT2D eigenvalue weighted by Crippen LogP contribution is 2.33. The van der Waals surface area contributed by atoms with Crippen LogP contribution in [-0.2, 0) is 4.74 Å². The third kappa shape index (κ3) is 5.10. The SMILES string of the molecule is CCOC(=O)c1cnc2nc(C)c(OCC)cc2c1Nc1ccc(OCC)cc1.Cl. The molecule has 0 radical (unpaired) electrons. The summed E-state index contributed by atoms with van der Waals surface area (Å²) >= 11 is 0. The molecule has 3 aromatic rings. The third-order valence-corrected chi connectivity index (χ3v) is 4.23. The highest BCUT2D eigenvalue weighted by Gasteiger charge is 2.19. The quantitative estimate of drug-likeness (QED) is 0.498. The fourth-order valence-corrected chi connectivity index (χ4v) is 2.94. The second kappa shape index (κ2) is 10.6. The van der Waals surface area contributed by atoms with Crippen LogP contribution in [0.3, 0.4) is 0 Å². The lowest BCUT2D eigenvalue weighted by Gasteiger charge is -2.16. The fraction of sp³-hybridized carbons (Fsp3) is 0.318. The number of esters is 1. The molecule has 0 amide bonds. The van der Waals surface area contributed by atoms with E-state index >= 15 is 0 Å². The first-order chi connectivity index (χ1) is 14.1. The summed E-state index contributed by atoms with van der Waals surface area (Å²) in [6, 6.07) is 9.36. The average molecular weight is 432 g/mol. The fourth-order valence-electron chi connectivity index (χ4n) is 2.94. The lowest BCUT2D eigenvalue weighted by Crippen LogP contribution is -2.10. The van der Waals surface area contributed by atoms with Crippen LogP contribution in [0.4, 0.5) is 11.4 Å². The van der Waals surface area contributed by atoms with Crippen molar-refractivity contribution in [3.8, 4) is 11.5 Å². The Morgan fingerprint density at radius 1 is 1.03 bits per heavy atom. The highest BCUT2D eigenvalue weighted by molar-refractivity contribution is 6.05. The van der Waals surface area contributed by atoms with Crippen molar-refractivity contribution in [2.75, 3.05) is 25.1 Å². The summed E-state index contributed by atoms with van der Waals surface area (Å²) in [6.07, 6.45) is 1.49. The van der Waals surface area contributed by atoms with Crippen molar-refractivity contribution >= 4 is 40.8 Å². The Kier molecular flexibility index (Phi) is 8.24. The van der Waals surface area contributed by atoms with Gasteiger partial charge in [-0.05, 0) is 58.0 Å². The van der Waals surface area contributed by atoms with Gasteiger partial charge in [-0.3, -0.25) is 0 Å². The van der Waals surface area contributed by atoms with Crippen LogP contribution in [0.1, 0.15) is 36.8 Å². The van der Waals surface area contributed by atoms with Gasteiger partial charge in [0.05, 0.1) is 31.2 Å². The molecule has 0 fully saturated rings. The first-order valence-corrected chi connectivity index (χ1v) is 9.67. The average Bonchev–Trinajstić information content (AvgIpc) is 2.71. The van der Waals surface area contributed by atoms with E-state index in [1.165, 1.54) is 6.20 Å². The molecular weight excluding hydrogens is 406 g/mol. The van der Waals surface area contributed by atoms with Crippen molar-refractivity contribution in [1.82, 2.24) is 9.97 Å². The van der Waals surface area contributed by atoms with E-state index in [2.05, 4.69) is 15.3 Å². The molecule has 0 unspecified atom stereocenters. The van der Waals surface area contributed by atoms with Crippen LogP contribution in [0.2, 0.25) is 0 Å². The summed E-state index contributed by atoms with van der Waals surface area (Å²) < 4.78 is 16.4. The molecule has 2 heterocycles. The Balaban J connectivity index is 0.00000320. The van der Waals surface area contributed by atoms with Gasteiger partial charge in [-0.2, -0.15) is 0 Å². The number of rotatable bonds is 8. The van der Waals surface area contributed by atoms with E-state index in [0.29, 0.717) is 41.2 Å². The number of ether oxygens (including phenoxy) is 3. The molecule has 1 N–H and O–H groups in total. The number of carbonyl (C=O) groups is 1. The van der Waals surface area contributed by atoms with Crippen molar-refractivity contribution in [2.24, 2.45) is 0 Å². The maximum absolute atomic E-state index is 12.5. The predicted molar refractivity (Wildman–Crippen MR) is 120 cm³/mol. The van der Waals surface area contributed by atoms with Gasteiger partial charge in [0, 0.05) is 17.3 Å². The number of halogens is 1. The maximum Gasteiger partial charge on any atom is 0.341 e. The zero-order valence-electron chi connectivity index (χ0n) is 17.5. The lowest BCUT2D eigenvalue weighted by molar-refractivity contribution is 0.0527. The van der Waals surface area contributed by atoms with Crippen LogP contribution in [0.25, 0.3) is 11.0 Å². The van der Waals surface area contributed by atoms with E-state index in [1.54, 1.807) is 6.92 Å². The molecule has 7 nitrogen and oxygen atoms in total. The second-order valence-electron chi connectivity index (χ2n) is 6.23. The Bertz CT molecular complexity index is 1010. The molecule has 8 heteroatoms. The first-order valence-electron chi connectivity index (χ1n) is 9.67. The number of nitrogens with one attached hydrogen (secondary N) is 1. The minimum absolute atomic E-state index is 0. The van der Waals surface area contributed by atoms with Crippen molar-refractivity contribution in [2.45, 2.75) is 27.7 Å². The monoisotopic (exact) mass is 431 g/mol. The highest BCUT2D eigenvalue weighted by atomic mass is 35.5. The van der Waals surface area contributed by atoms with Gasteiger partial charge >= 0.3 is 5.97 Å². The van der Waals surface area contributed by atoms with E-state index in [1.807, 2.05) is 51.1 Å². The number of benzene rings is 1. The number of aryl methyl sites for hydroxylation is 1. The van der Waals surface area contributed by atoms with Gasteiger partial charge in [-0.25, -0.2) is 14.8 Å². The molecule has 0 bridgehead atoms. The van der Waals surface area contributed by atoms with Crippen LogP contribution in [-0.4, -0.2) is 35.8 Å². The Morgan fingerprint density at radius 3 is 2.37 bits per heavy atom. The van der Waals surface area contributed by atoms with Gasteiger partial charge in [-0.1, -0.05) is 0 Å². The molecule has 30 heavy (non-hydrogen) atoms. The molecular formula is C22H26ClN3O4. The summed E-state index contributed by atoms with van der Waals surface area (Å²) in [5.74, 6) is 0.977. The number of fused-ring (bicyclic) bond motifs is 1. The Labute approximate surface area is 182 Å². The van der Waals surface area contributed by atoms with Gasteiger partial charge in [0.25, 0.3) is 0 Å². The first kappa shape index (κ1) is 23.2. The minimum atomic E-state index is -0.450. The van der Waals surface area contributed by atoms with E-state index in [4.69, 9.17) is 14.2 Å². The zero-order valence-corrected chi connectivity index (χ0v) is 18.3. The number of hydrogen-bond acceptors (Lipinski definition) is 7. The molecule has 0 spiro atoms. The normalized spacial score (nSPS) is 10.3. The molecule has 0 atom stereocenters. The standard InChI is InChI=1S/C22H25N3O4.ClH/c1-5-27-16-10-8-15(9-11-16)25-20-17-12-19(28-6-2)14(4)24-21(17)23-13-18(20)22(26)29-7-3;/h8-13H,5-7H2,1-4H3,(H,23,24,25);1H. The van der Waals surface area contributed by atoms with Gasteiger partial charge in [0.1, 0.15) is 17.1 Å². The maximum atomic E-state index is 12.5. The molecule has 2 aromatic heterocycles. The molecule has 1 aromatic carbocycles. The zero-order chi connectivity index (χ0) is 20.8. The number of pyridine rings is 2. The van der Waals surface area contributed by atoms with Crippen LogP contribution >= 0.6 is 12.4 Å². The van der Waals surface area contributed by atoms with Gasteiger partial charge in [-0.15, -0.1) is 12.4 Å². The summed E-state index contributed by atoms with van der Waals surface area (Å²) in [5.41, 5.74) is 2.97. The van der Waals surface area contributed by atoms with Gasteiger partial charge < -0.3 is 19.5 Å². The summed E-state index contributed by atoms with van der Waals surface area (Å²) in [7, 11) is 0. The van der Waals surface area contributed by atoms with E-state index < -0.39 is 5.97 Å². The van der Waals surface area contributed by atoms with Crippen molar-refractivity contribution in [3.05, 3.63) is 47.8 Å². The number of nitrogens with zero attached hydrogens (tertiary/aromatic N) is 2. The van der Waals surface area contributed by atoms with E-state index in [9.17, 15) is 4.79 Å². The largest absolute Gasteiger partial charge is 0.494 e. The second-order valence-corrected chi connectivity index (χ2v) is 6.23. The summed E-state index contributed by atoms with van der Waals surface area (Å²) in [4.78, 5) is 21.4. The smallest absolute Gasteiger partial charge is 0.341 e. The van der Waals surface area contributed by atoms with E-state index in [0.717, 1.165) is 17.1 Å². The van der Waals surface area contributed by atoms with Gasteiger partial charge in [0.15, 0.2) is 5.65 Å². The van der Waals surface area contributed by atoms with Crippen LogP contribution in [0, 0.1) is 6.92 Å². The number of aromatic nitrogens is 2. The van der Waals surface area contributed by atoms with Crippen LogP contribution in [0.5, 0.6) is 11.5 Å². The van der Waals surface area contributed by atoms with E-state index in [-0.39, 0.29) is 19.0 Å². The van der Waals surface area contributed by atoms with Gasteiger partial charge in [0.2, 0.25) is 0 Å². The molecule has 3 rings (SSSR count). The van der Waals surface area contributed by atoms with Crippen molar-refractivity contribution in [1.29, 1.82) is 0 Å². The number of hydrogen-bond donors (Lipinski definition) is 1. The Morgan fingerprint density at radius 2 is 1.73 bits per heavy atom. The summed E-state index contributed by atoms with van der Waals surface area (Å²) in [5, 5.41) is 4.00. The van der Waals surface area contributed by atoms with Crippen molar-refractivity contribution < 1.29 is 19.0 Å². The molecule has 0 aliphatic rings. The van der Waals surface area contributed by atoms with Crippen LogP contribution < -0.4 is 14.8 Å². The lowest BCUT2D eigenvalue weighted by atomic mass is 10.1. The Hall–Kier alpha value is -3.06. The molecule has 0 saturated heterocycles.